The van der Waals surface area contributed by atoms with E-state index in [1.807, 2.05) is 32.9 Å². The van der Waals surface area contributed by atoms with Crippen molar-refractivity contribution < 1.29 is 9.53 Å². The van der Waals surface area contributed by atoms with Crippen LogP contribution in [0.25, 0.3) is 0 Å². The summed E-state index contributed by atoms with van der Waals surface area (Å²) in [6, 6.07) is 6.46. The molecule has 6 heteroatoms. The monoisotopic (exact) mass is 428 g/mol. The number of piperidine rings is 1. The van der Waals surface area contributed by atoms with Gasteiger partial charge in [-0.15, -0.1) is 0 Å². The highest BCUT2D eigenvalue weighted by Gasteiger charge is 2.24. The molecule has 158 valence electrons. The van der Waals surface area contributed by atoms with Crippen LogP contribution in [0.4, 0.5) is 4.79 Å². The van der Waals surface area contributed by atoms with Crippen LogP contribution in [0.1, 0.15) is 58.9 Å². The van der Waals surface area contributed by atoms with Crippen molar-refractivity contribution in [3.63, 3.8) is 0 Å². The van der Waals surface area contributed by atoms with E-state index in [0.717, 1.165) is 32.4 Å². The first-order valence-corrected chi connectivity index (χ1v) is 11.1. The molecule has 0 spiro atoms. The summed E-state index contributed by atoms with van der Waals surface area (Å²) >= 11 is 12.2. The van der Waals surface area contributed by atoms with E-state index in [-0.39, 0.29) is 6.09 Å². The molecule has 0 aromatic heterocycles. The second-order valence-corrected chi connectivity index (χ2v) is 9.53. The first-order valence-electron chi connectivity index (χ1n) is 10.3. The molecular formula is C22H34Cl2N2O2. The fourth-order valence-electron chi connectivity index (χ4n) is 3.82. The van der Waals surface area contributed by atoms with Crippen LogP contribution >= 0.6 is 23.2 Å². The summed E-state index contributed by atoms with van der Waals surface area (Å²) in [4.78, 5) is 14.4. The normalized spacial score (nSPS) is 17.4. The maximum absolute atomic E-state index is 11.8. The maximum atomic E-state index is 11.8. The molecule has 1 fully saturated rings. The van der Waals surface area contributed by atoms with Crippen LogP contribution in [0.5, 0.6) is 0 Å². The largest absolute Gasteiger partial charge is 0.444 e. The number of ether oxygens (including phenoxy) is 1. The molecule has 1 unspecified atom stereocenters. The van der Waals surface area contributed by atoms with E-state index in [0.29, 0.717) is 28.5 Å². The molecule has 4 nitrogen and oxygen atoms in total. The average Bonchev–Trinajstić information content (AvgIpc) is 2.61. The van der Waals surface area contributed by atoms with Gasteiger partial charge in [0.1, 0.15) is 5.60 Å². The second kappa shape index (κ2) is 10.7. The Balaban J connectivity index is 1.74. The molecule has 1 saturated heterocycles. The van der Waals surface area contributed by atoms with Crippen LogP contribution in [0.2, 0.25) is 10.0 Å². The van der Waals surface area contributed by atoms with Gasteiger partial charge >= 0.3 is 6.09 Å². The van der Waals surface area contributed by atoms with E-state index in [2.05, 4.69) is 23.2 Å². The number of nitrogens with zero attached hydrogens (tertiary/aromatic N) is 1. The number of rotatable bonds is 7. The zero-order valence-electron chi connectivity index (χ0n) is 17.6. The molecule has 0 bridgehead atoms. The summed E-state index contributed by atoms with van der Waals surface area (Å²) in [5, 5.41) is 4.14. The molecule has 0 aliphatic carbocycles. The van der Waals surface area contributed by atoms with E-state index in [9.17, 15) is 4.79 Å². The molecule has 0 radical (unpaired) electrons. The van der Waals surface area contributed by atoms with Crippen molar-refractivity contribution in [2.75, 3.05) is 19.6 Å². The highest BCUT2D eigenvalue weighted by Crippen LogP contribution is 2.28. The van der Waals surface area contributed by atoms with Gasteiger partial charge in [-0.1, -0.05) is 36.2 Å². The maximum Gasteiger partial charge on any atom is 0.407 e. The lowest BCUT2D eigenvalue weighted by molar-refractivity contribution is 0.0518. The Bertz CT molecular complexity index is 638. The van der Waals surface area contributed by atoms with Crippen molar-refractivity contribution >= 4 is 29.3 Å². The Labute approximate surface area is 179 Å². The zero-order valence-corrected chi connectivity index (χ0v) is 19.1. The van der Waals surface area contributed by atoms with Gasteiger partial charge in [-0.2, -0.15) is 0 Å². The van der Waals surface area contributed by atoms with Gasteiger partial charge in [0.25, 0.3) is 0 Å². The fourth-order valence-corrected chi connectivity index (χ4v) is 4.14. The first-order chi connectivity index (χ1) is 13.2. The molecule has 0 saturated carbocycles. The quantitative estimate of drug-likeness (QED) is 0.583. The molecule has 1 N–H and O–H groups in total. The van der Waals surface area contributed by atoms with E-state index in [4.69, 9.17) is 27.9 Å². The van der Waals surface area contributed by atoms with Crippen molar-refractivity contribution in [2.45, 2.75) is 71.4 Å². The van der Waals surface area contributed by atoms with Crippen LogP contribution in [-0.4, -0.2) is 42.3 Å². The molecule has 1 aliphatic heterocycles. The summed E-state index contributed by atoms with van der Waals surface area (Å²) in [5.74, 6) is 0.686. The number of hydrogen-bond acceptors (Lipinski definition) is 3. The molecule has 2 rings (SSSR count). The van der Waals surface area contributed by atoms with Gasteiger partial charge in [-0.25, -0.2) is 4.79 Å². The van der Waals surface area contributed by atoms with E-state index in [1.165, 1.54) is 18.4 Å². The predicted octanol–water partition coefficient (Wildman–Crippen LogP) is 5.94. The van der Waals surface area contributed by atoms with Gasteiger partial charge in [0.2, 0.25) is 0 Å². The number of alkyl carbamates (subject to hydrolysis) is 1. The first kappa shape index (κ1) is 23.3. The summed E-state index contributed by atoms with van der Waals surface area (Å²) in [5.41, 5.74) is 0.811. The molecule has 1 aromatic carbocycles. The molecular weight excluding hydrogens is 395 g/mol. The third-order valence-electron chi connectivity index (χ3n) is 5.29. The SMILES string of the molecule is CCC(CCNC(=O)OC(C)(C)C)N1CCC(Cc2ccc(Cl)c(Cl)c2)CC1. The van der Waals surface area contributed by atoms with Gasteiger partial charge in [-0.05, 0) is 89.6 Å². The number of hydrogen-bond donors (Lipinski definition) is 1. The Morgan fingerprint density at radius 3 is 2.50 bits per heavy atom. The standard InChI is InChI=1S/C22H34Cl2N2O2/c1-5-18(8-11-25-21(27)28-22(2,3)4)26-12-9-16(10-13-26)14-17-6-7-19(23)20(24)15-17/h6-7,15-16,18H,5,8-14H2,1-4H3,(H,25,27). The van der Waals surface area contributed by atoms with Crippen molar-refractivity contribution in [2.24, 2.45) is 5.92 Å². The highest BCUT2D eigenvalue weighted by molar-refractivity contribution is 6.42. The van der Waals surface area contributed by atoms with Crippen molar-refractivity contribution in [3.05, 3.63) is 33.8 Å². The van der Waals surface area contributed by atoms with Gasteiger partial charge in [-0.3, -0.25) is 0 Å². The second-order valence-electron chi connectivity index (χ2n) is 8.71. The van der Waals surface area contributed by atoms with Gasteiger partial charge in [0, 0.05) is 12.6 Å². The lowest BCUT2D eigenvalue weighted by Gasteiger charge is -2.37. The molecule has 28 heavy (non-hydrogen) atoms. The van der Waals surface area contributed by atoms with Crippen molar-refractivity contribution in [3.8, 4) is 0 Å². The van der Waals surface area contributed by atoms with Gasteiger partial charge in [0.15, 0.2) is 0 Å². The Morgan fingerprint density at radius 2 is 1.93 bits per heavy atom. The van der Waals surface area contributed by atoms with Crippen LogP contribution < -0.4 is 5.32 Å². The lowest BCUT2D eigenvalue weighted by Crippen LogP contribution is -2.43. The Morgan fingerprint density at radius 1 is 1.25 bits per heavy atom. The lowest BCUT2D eigenvalue weighted by atomic mass is 9.89. The summed E-state index contributed by atoms with van der Waals surface area (Å²) in [6.45, 7) is 10.7. The summed E-state index contributed by atoms with van der Waals surface area (Å²) in [7, 11) is 0. The minimum absolute atomic E-state index is 0.331. The zero-order chi connectivity index (χ0) is 20.7. The van der Waals surface area contributed by atoms with Crippen molar-refractivity contribution in [1.29, 1.82) is 0 Å². The predicted molar refractivity (Wildman–Crippen MR) is 117 cm³/mol. The smallest absolute Gasteiger partial charge is 0.407 e. The van der Waals surface area contributed by atoms with Crippen LogP contribution in [-0.2, 0) is 11.2 Å². The Hall–Kier alpha value is -0.970. The van der Waals surface area contributed by atoms with Crippen LogP contribution in [0.15, 0.2) is 18.2 Å². The van der Waals surface area contributed by atoms with E-state index < -0.39 is 5.60 Å². The summed E-state index contributed by atoms with van der Waals surface area (Å²) < 4.78 is 5.30. The van der Waals surface area contributed by atoms with E-state index in [1.54, 1.807) is 0 Å². The minimum Gasteiger partial charge on any atom is -0.444 e. The highest BCUT2D eigenvalue weighted by atomic mass is 35.5. The van der Waals surface area contributed by atoms with Gasteiger partial charge < -0.3 is 15.0 Å². The molecule has 1 heterocycles. The number of carbonyl (C=O) groups is 1. The fraction of sp³-hybridized carbons (Fsp3) is 0.682. The number of amides is 1. The Kier molecular flexibility index (Phi) is 8.91. The number of benzene rings is 1. The number of carbonyl (C=O) groups excluding carboxylic acids is 1. The molecule has 1 atom stereocenters. The molecule has 1 aromatic rings. The number of nitrogens with one attached hydrogen (secondary N) is 1. The number of halogens is 2. The molecule has 1 amide bonds. The average molecular weight is 429 g/mol. The van der Waals surface area contributed by atoms with Gasteiger partial charge in [0.05, 0.1) is 10.0 Å². The van der Waals surface area contributed by atoms with Crippen LogP contribution in [0, 0.1) is 5.92 Å². The minimum atomic E-state index is -0.454. The van der Waals surface area contributed by atoms with E-state index >= 15 is 0 Å². The van der Waals surface area contributed by atoms with Crippen LogP contribution in [0.3, 0.4) is 0 Å². The summed E-state index contributed by atoms with van der Waals surface area (Å²) in [6.07, 6.45) is 5.15. The topological polar surface area (TPSA) is 41.6 Å². The third-order valence-corrected chi connectivity index (χ3v) is 6.03. The third kappa shape index (κ3) is 7.81. The van der Waals surface area contributed by atoms with Crippen molar-refractivity contribution in [1.82, 2.24) is 10.2 Å². The molecule has 1 aliphatic rings. The number of likely N-dealkylation sites (tertiary alicyclic amines) is 1.